The number of hydrogen-bond acceptors (Lipinski definition) is 3. The van der Waals surface area contributed by atoms with Crippen LogP contribution in [-0.4, -0.2) is 11.8 Å². The van der Waals surface area contributed by atoms with Crippen molar-refractivity contribution in [3.05, 3.63) is 35.9 Å². The van der Waals surface area contributed by atoms with Gasteiger partial charge in [0.15, 0.2) is 5.78 Å². The van der Waals surface area contributed by atoms with Crippen molar-refractivity contribution >= 4 is 11.8 Å². The highest BCUT2D eigenvalue weighted by atomic mass is 16.4. The molecule has 0 unspecified atom stereocenters. The molecule has 3 N–H and O–H groups in total. The van der Waals surface area contributed by atoms with Crippen molar-refractivity contribution in [2.45, 2.75) is 19.9 Å². The van der Waals surface area contributed by atoms with Crippen LogP contribution >= 0.6 is 0 Å². The topological polar surface area (TPSA) is 84.8 Å². The highest BCUT2D eigenvalue weighted by Gasteiger charge is 1.97. The number of carbonyl (C=O) groups excluding carboxylic acids is 2. The third-order valence-electron chi connectivity index (χ3n) is 1.66. The van der Waals surface area contributed by atoms with E-state index in [4.69, 9.17) is 0 Å². The standard InChI is InChI=1S/C8H11N.C3H4O3/c1-7(9)8-5-3-2-4-6-8;1-2(4)3(5)6/h2-7H,9H2,1H3;1H3,(H,5,6)/t7-;/m0./s1. The number of aliphatic carboxylic acids is 1. The highest BCUT2D eigenvalue weighted by molar-refractivity contribution is 6.30. The van der Waals surface area contributed by atoms with Gasteiger partial charge in [0.05, 0.1) is 0 Å². The minimum Gasteiger partial charge on any atom is -0.542 e. The fourth-order valence-electron chi connectivity index (χ4n) is 0.782. The van der Waals surface area contributed by atoms with E-state index in [1.54, 1.807) is 0 Å². The van der Waals surface area contributed by atoms with Crippen LogP contribution in [0.4, 0.5) is 0 Å². The summed E-state index contributed by atoms with van der Waals surface area (Å²) < 4.78 is 0. The molecule has 1 aromatic rings. The second-order valence-electron chi connectivity index (χ2n) is 3.16. The monoisotopic (exact) mass is 209 g/mol. The van der Waals surface area contributed by atoms with Gasteiger partial charge in [-0.05, 0) is 6.92 Å². The van der Waals surface area contributed by atoms with Crippen molar-refractivity contribution in [2.75, 3.05) is 0 Å². The van der Waals surface area contributed by atoms with E-state index < -0.39 is 11.8 Å². The number of carbonyl (C=O) groups is 2. The molecule has 4 heteroatoms. The maximum absolute atomic E-state index is 9.48. The van der Waals surface area contributed by atoms with Crippen LogP contribution in [0, 0.1) is 0 Å². The van der Waals surface area contributed by atoms with Gasteiger partial charge in [-0.2, -0.15) is 0 Å². The molecule has 0 saturated carbocycles. The summed E-state index contributed by atoms with van der Waals surface area (Å²) in [5, 5.41) is 9.24. The Labute approximate surface area is 88.7 Å². The second kappa shape index (κ2) is 6.73. The molecular formula is C11H15NO3. The number of hydrogen-bond donors (Lipinski definition) is 1. The second-order valence-corrected chi connectivity index (χ2v) is 3.16. The Kier molecular flexibility index (Phi) is 5.97. The van der Waals surface area contributed by atoms with Crippen molar-refractivity contribution in [1.82, 2.24) is 0 Å². The minimum absolute atomic E-state index is 0.409. The first-order chi connectivity index (χ1) is 6.95. The SMILES string of the molecule is CC(=O)C(=O)[O-].C[C@H]([NH3+])c1ccccc1. The Morgan fingerprint density at radius 3 is 1.87 bits per heavy atom. The summed E-state index contributed by atoms with van der Waals surface area (Å²) in [5.41, 5.74) is 5.21. The maximum atomic E-state index is 9.48. The third-order valence-corrected chi connectivity index (χ3v) is 1.66. The van der Waals surface area contributed by atoms with Gasteiger partial charge in [-0.25, -0.2) is 0 Å². The van der Waals surface area contributed by atoms with Crippen LogP contribution in [0.15, 0.2) is 30.3 Å². The number of Topliss-reactive ketones (excluding diaryl/α,β-unsaturated/α-hetero) is 1. The third kappa shape index (κ3) is 6.40. The highest BCUT2D eigenvalue weighted by Crippen LogP contribution is 2.04. The molecule has 15 heavy (non-hydrogen) atoms. The summed E-state index contributed by atoms with van der Waals surface area (Å²) in [5.74, 6) is -2.56. The fraction of sp³-hybridized carbons (Fsp3) is 0.273. The average molecular weight is 209 g/mol. The van der Waals surface area contributed by atoms with Crippen molar-refractivity contribution in [3.8, 4) is 0 Å². The Hall–Kier alpha value is -1.68. The quantitative estimate of drug-likeness (QED) is 0.654. The number of carboxylic acids is 1. The van der Waals surface area contributed by atoms with E-state index in [1.807, 2.05) is 18.2 Å². The number of quaternary nitrogens is 1. The minimum atomic E-state index is -1.63. The molecule has 0 amide bonds. The Balaban J connectivity index is 0.000000288. The molecule has 4 nitrogen and oxygen atoms in total. The zero-order chi connectivity index (χ0) is 11.8. The largest absolute Gasteiger partial charge is 0.542 e. The molecule has 0 aliphatic rings. The molecule has 1 atom stereocenters. The summed E-state index contributed by atoms with van der Waals surface area (Å²) in [7, 11) is 0. The summed E-state index contributed by atoms with van der Waals surface area (Å²) >= 11 is 0. The molecule has 0 fully saturated rings. The zero-order valence-electron chi connectivity index (χ0n) is 8.90. The maximum Gasteiger partial charge on any atom is 0.175 e. The van der Waals surface area contributed by atoms with E-state index in [9.17, 15) is 14.7 Å². The molecule has 0 aliphatic heterocycles. The Bertz CT molecular complexity index is 308. The van der Waals surface area contributed by atoms with E-state index in [0.717, 1.165) is 6.92 Å². The first kappa shape index (κ1) is 13.3. The molecule has 0 aliphatic carbocycles. The van der Waals surface area contributed by atoms with Gasteiger partial charge in [-0.3, -0.25) is 4.79 Å². The van der Waals surface area contributed by atoms with Crippen LogP contribution in [-0.2, 0) is 9.59 Å². The molecule has 0 saturated heterocycles. The van der Waals surface area contributed by atoms with E-state index in [1.165, 1.54) is 5.56 Å². The van der Waals surface area contributed by atoms with Crippen molar-refractivity contribution in [3.63, 3.8) is 0 Å². The summed E-state index contributed by atoms with van der Waals surface area (Å²) in [6.07, 6.45) is 0. The summed E-state index contributed by atoms with van der Waals surface area (Å²) in [6, 6.07) is 10.7. The van der Waals surface area contributed by atoms with Crippen LogP contribution in [0.25, 0.3) is 0 Å². The van der Waals surface area contributed by atoms with E-state index in [0.29, 0.717) is 6.04 Å². The van der Waals surface area contributed by atoms with Crippen LogP contribution < -0.4 is 10.8 Å². The molecule has 1 aromatic carbocycles. The average Bonchev–Trinajstić information content (AvgIpc) is 2.20. The van der Waals surface area contributed by atoms with Crippen molar-refractivity contribution < 1.29 is 20.4 Å². The number of rotatable bonds is 2. The lowest BCUT2D eigenvalue weighted by atomic mass is 10.1. The van der Waals surface area contributed by atoms with Gasteiger partial charge < -0.3 is 15.6 Å². The first-order valence-electron chi connectivity index (χ1n) is 4.55. The van der Waals surface area contributed by atoms with E-state index in [-0.39, 0.29) is 0 Å². The molecule has 0 radical (unpaired) electrons. The normalized spacial score (nSPS) is 10.9. The number of carboxylic acid groups (broad SMARTS) is 1. The van der Waals surface area contributed by atoms with E-state index in [2.05, 4.69) is 24.8 Å². The van der Waals surface area contributed by atoms with Crippen LogP contribution in [0.3, 0.4) is 0 Å². The molecular weight excluding hydrogens is 194 g/mol. The number of benzene rings is 1. The van der Waals surface area contributed by atoms with Crippen LogP contribution in [0.5, 0.6) is 0 Å². The van der Waals surface area contributed by atoms with Crippen molar-refractivity contribution in [2.24, 2.45) is 0 Å². The molecule has 1 rings (SSSR count). The number of ketones is 1. The molecule has 0 bridgehead atoms. The van der Waals surface area contributed by atoms with Crippen LogP contribution in [0.2, 0.25) is 0 Å². The smallest absolute Gasteiger partial charge is 0.175 e. The van der Waals surface area contributed by atoms with E-state index >= 15 is 0 Å². The molecule has 0 spiro atoms. The molecule has 0 heterocycles. The zero-order valence-corrected chi connectivity index (χ0v) is 8.90. The van der Waals surface area contributed by atoms with Gasteiger partial charge in [0.2, 0.25) is 0 Å². The summed E-state index contributed by atoms with van der Waals surface area (Å²) in [6.45, 7) is 3.03. The predicted octanol–water partition coefficient (Wildman–Crippen LogP) is -0.685. The lowest BCUT2D eigenvalue weighted by Crippen LogP contribution is -2.51. The van der Waals surface area contributed by atoms with Gasteiger partial charge >= 0.3 is 0 Å². The molecule has 0 aromatic heterocycles. The molecule has 82 valence electrons. The van der Waals surface area contributed by atoms with Gasteiger partial charge in [-0.15, -0.1) is 0 Å². The fourth-order valence-corrected chi connectivity index (χ4v) is 0.782. The van der Waals surface area contributed by atoms with Crippen LogP contribution in [0.1, 0.15) is 25.5 Å². The van der Waals surface area contributed by atoms with Gasteiger partial charge in [0, 0.05) is 12.5 Å². The Morgan fingerprint density at radius 1 is 1.27 bits per heavy atom. The first-order valence-corrected chi connectivity index (χ1v) is 4.55. The van der Waals surface area contributed by atoms with Gasteiger partial charge in [0.1, 0.15) is 12.0 Å². The van der Waals surface area contributed by atoms with Gasteiger partial charge in [0.25, 0.3) is 0 Å². The van der Waals surface area contributed by atoms with Crippen molar-refractivity contribution in [1.29, 1.82) is 0 Å². The predicted molar refractivity (Wildman–Crippen MR) is 53.4 cm³/mol. The lowest BCUT2D eigenvalue weighted by molar-refractivity contribution is -0.420. The lowest BCUT2D eigenvalue weighted by Gasteiger charge is -1.98. The Morgan fingerprint density at radius 2 is 1.67 bits per heavy atom. The summed E-state index contributed by atoms with van der Waals surface area (Å²) in [4.78, 5) is 18.7. The van der Waals surface area contributed by atoms with Gasteiger partial charge in [-0.1, -0.05) is 30.3 Å².